The van der Waals surface area contributed by atoms with Crippen molar-refractivity contribution in [2.45, 2.75) is 20.4 Å². The molecule has 0 fully saturated rings. The Morgan fingerprint density at radius 3 is 2.81 bits per heavy atom. The molecule has 0 radical (unpaired) electrons. The van der Waals surface area contributed by atoms with Crippen LogP contribution >= 0.6 is 15.9 Å². The van der Waals surface area contributed by atoms with Gasteiger partial charge in [-0.05, 0) is 29.8 Å². The molecule has 0 aliphatic rings. The number of hydrogen-bond acceptors (Lipinski definition) is 5. The Labute approximate surface area is 129 Å². The SMILES string of the molecule is CCOC(=O)c1cnn(C)c1Cn1c(C)ncc(Br)c1=O. The molecule has 0 aromatic carbocycles. The van der Waals surface area contributed by atoms with Gasteiger partial charge < -0.3 is 4.74 Å². The minimum Gasteiger partial charge on any atom is -0.462 e. The third kappa shape index (κ3) is 3.05. The van der Waals surface area contributed by atoms with Crippen LogP contribution in [0.25, 0.3) is 0 Å². The van der Waals surface area contributed by atoms with Crippen LogP contribution in [0.15, 0.2) is 21.7 Å². The lowest BCUT2D eigenvalue weighted by molar-refractivity contribution is 0.0524. The average Bonchev–Trinajstić information content (AvgIpc) is 2.81. The molecule has 0 atom stereocenters. The Balaban J connectivity index is 2.46. The lowest BCUT2D eigenvalue weighted by atomic mass is 10.2. The highest BCUT2D eigenvalue weighted by atomic mass is 79.9. The summed E-state index contributed by atoms with van der Waals surface area (Å²) < 4.78 is 8.40. The van der Waals surface area contributed by atoms with Crippen LogP contribution in [0.3, 0.4) is 0 Å². The van der Waals surface area contributed by atoms with Gasteiger partial charge in [0, 0.05) is 13.2 Å². The molecule has 7 nitrogen and oxygen atoms in total. The van der Waals surface area contributed by atoms with Gasteiger partial charge in [-0.3, -0.25) is 14.0 Å². The topological polar surface area (TPSA) is 79.0 Å². The normalized spacial score (nSPS) is 10.7. The van der Waals surface area contributed by atoms with Crippen LogP contribution in [0.5, 0.6) is 0 Å². The summed E-state index contributed by atoms with van der Waals surface area (Å²) in [5.74, 6) is 0.105. The summed E-state index contributed by atoms with van der Waals surface area (Å²) in [5.41, 5.74) is 0.739. The minimum atomic E-state index is -0.450. The molecular formula is C13H15BrN4O3. The summed E-state index contributed by atoms with van der Waals surface area (Å²) in [5, 5.41) is 4.07. The van der Waals surface area contributed by atoms with E-state index in [2.05, 4.69) is 26.0 Å². The van der Waals surface area contributed by atoms with Gasteiger partial charge in [-0.2, -0.15) is 5.10 Å². The number of nitrogens with zero attached hydrogens (tertiary/aromatic N) is 4. The van der Waals surface area contributed by atoms with Crippen LogP contribution in [-0.2, 0) is 18.3 Å². The van der Waals surface area contributed by atoms with Crippen molar-refractivity contribution in [3.8, 4) is 0 Å². The fourth-order valence-electron chi connectivity index (χ4n) is 1.92. The van der Waals surface area contributed by atoms with E-state index in [1.807, 2.05) is 0 Å². The number of hydrogen-bond donors (Lipinski definition) is 0. The van der Waals surface area contributed by atoms with Gasteiger partial charge >= 0.3 is 5.97 Å². The maximum absolute atomic E-state index is 12.2. The van der Waals surface area contributed by atoms with Crippen LogP contribution in [0, 0.1) is 6.92 Å². The third-order valence-corrected chi connectivity index (χ3v) is 3.61. The van der Waals surface area contributed by atoms with Crippen LogP contribution in [0.1, 0.15) is 28.8 Å². The monoisotopic (exact) mass is 354 g/mol. The first-order chi connectivity index (χ1) is 9.95. The van der Waals surface area contributed by atoms with Gasteiger partial charge in [0.2, 0.25) is 0 Å². The molecule has 8 heteroatoms. The third-order valence-electron chi connectivity index (χ3n) is 3.07. The quantitative estimate of drug-likeness (QED) is 0.772. The van der Waals surface area contributed by atoms with Crippen LogP contribution in [0.4, 0.5) is 0 Å². The van der Waals surface area contributed by atoms with Crippen molar-refractivity contribution in [2.75, 3.05) is 6.61 Å². The Morgan fingerprint density at radius 1 is 1.43 bits per heavy atom. The number of esters is 1. The van der Waals surface area contributed by atoms with Gasteiger partial charge in [-0.25, -0.2) is 9.78 Å². The first kappa shape index (κ1) is 15.4. The van der Waals surface area contributed by atoms with Gasteiger partial charge in [0.15, 0.2) is 0 Å². The zero-order valence-corrected chi connectivity index (χ0v) is 13.5. The predicted molar refractivity (Wildman–Crippen MR) is 79.2 cm³/mol. The lowest BCUT2D eigenvalue weighted by Gasteiger charge is -2.11. The molecule has 2 heterocycles. The maximum atomic E-state index is 12.2. The molecule has 112 valence electrons. The number of carbonyl (C=O) groups excluding carboxylic acids is 1. The molecule has 0 aliphatic heterocycles. The van der Waals surface area contributed by atoms with Gasteiger partial charge in [0.1, 0.15) is 15.9 Å². The number of halogens is 1. The number of rotatable bonds is 4. The molecule has 0 amide bonds. The average molecular weight is 355 g/mol. The molecule has 0 bridgehead atoms. The van der Waals surface area contributed by atoms with Crippen LogP contribution in [-0.4, -0.2) is 31.9 Å². The first-order valence-electron chi connectivity index (χ1n) is 6.35. The van der Waals surface area contributed by atoms with E-state index < -0.39 is 5.97 Å². The summed E-state index contributed by atoms with van der Waals surface area (Å²) in [6.45, 7) is 3.95. The zero-order chi connectivity index (χ0) is 15.6. The van der Waals surface area contributed by atoms with E-state index in [1.165, 1.54) is 17.0 Å². The number of aryl methyl sites for hydroxylation is 2. The van der Waals surface area contributed by atoms with Crippen molar-refractivity contribution in [1.82, 2.24) is 19.3 Å². The Hall–Kier alpha value is -1.96. The Bertz CT molecular complexity index is 736. The molecule has 0 N–H and O–H groups in total. The molecule has 0 spiro atoms. The summed E-state index contributed by atoms with van der Waals surface area (Å²) in [6, 6.07) is 0. The van der Waals surface area contributed by atoms with E-state index in [0.717, 1.165) is 0 Å². The van der Waals surface area contributed by atoms with Crippen molar-refractivity contribution in [3.63, 3.8) is 0 Å². The van der Waals surface area contributed by atoms with Gasteiger partial charge in [0.25, 0.3) is 5.56 Å². The van der Waals surface area contributed by atoms with Crippen molar-refractivity contribution in [1.29, 1.82) is 0 Å². The van der Waals surface area contributed by atoms with Crippen molar-refractivity contribution in [3.05, 3.63) is 44.3 Å². The molecule has 21 heavy (non-hydrogen) atoms. The molecule has 2 aromatic heterocycles. The fourth-order valence-corrected chi connectivity index (χ4v) is 2.23. The molecule has 0 aliphatic carbocycles. The van der Waals surface area contributed by atoms with Crippen molar-refractivity contribution >= 4 is 21.9 Å². The number of aromatic nitrogens is 4. The van der Waals surface area contributed by atoms with Crippen LogP contribution in [0.2, 0.25) is 0 Å². The van der Waals surface area contributed by atoms with E-state index >= 15 is 0 Å². The Kier molecular flexibility index (Phi) is 4.56. The predicted octanol–water partition coefficient (Wildman–Crippen LogP) is 1.27. The second-order valence-corrected chi connectivity index (χ2v) is 5.25. The number of carbonyl (C=O) groups is 1. The summed E-state index contributed by atoms with van der Waals surface area (Å²) in [6.07, 6.45) is 2.91. The second kappa shape index (κ2) is 6.21. The fraction of sp³-hybridized carbons (Fsp3) is 0.385. The molecule has 0 unspecified atom stereocenters. The highest BCUT2D eigenvalue weighted by Crippen LogP contribution is 2.12. The second-order valence-electron chi connectivity index (χ2n) is 4.39. The smallest absolute Gasteiger partial charge is 0.341 e. The molecule has 0 saturated carbocycles. The minimum absolute atomic E-state index is 0.196. The highest BCUT2D eigenvalue weighted by molar-refractivity contribution is 9.10. The summed E-state index contributed by atoms with van der Waals surface area (Å²) in [4.78, 5) is 28.2. The van der Waals surface area contributed by atoms with Crippen molar-refractivity contribution in [2.24, 2.45) is 7.05 Å². The summed E-state index contributed by atoms with van der Waals surface area (Å²) >= 11 is 3.17. The standard InChI is InChI=1S/C13H15BrN4O3/c1-4-21-13(20)9-5-16-17(3)11(9)7-18-8(2)15-6-10(14)12(18)19/h5-6H,4,7H2,1-3H3. The molecular weight excluding hydrogens is 340 g/mol. The van der Waals surface area contributed by atoms with E-state index in [1.54, 1.807) is 25.6 Å². The molecule has 2 aromatic rings. The Morgan fingerprint density at radius 2 is 2.14 bits per heavy atom. The largest absolute Gasteiger partial charge is 0.462 e. The van der Waals surface area contributed by atoms with Gasteiger partial charge in [-0.1, -0.05) is 0 Å². The number of ether oxygens (including phenoxy) is 1. The van der Waals surface area contributed by atoms with Gasteiger partial charge in [-0.15, -0.1) is 0 Å². The van der Waals surface area contributed by atoms with E-state index in [9.17, 15) is 9.59 Å². The van der Waals surface area contributed by atoms with E-state index in [0.29, 0.717) is 21.6 Å². The molecule has 2 rings (SSSR count). The maximum Gasteiger partial charge on any atom is 0.341 e. The zero-order valence-electron chi connectivity index (χ0n) is 12.0. The van der Waals surface area contributed by atoms with Gasteiger partial charge in [0.05, 0.1) is 25.0 Å². The first-order valence-corrected chi connectivity index (χ1v) is 7.15. The van der Waals surface area contributed by atoms with E-state index in [4.69, 9.17) is 4.74 Å². The lowest BCUT2D eigenvalue weighted by Crippen LogP contribution is -2.26. The van der Waals surface area contributed by atoms with E-state index in [-0.39, 0.29) is 18.7 Å². The van der Waals surface area contributed by atoms with Crippen molar-refractivity contribution < 1.29 is 9.53 Å². The highest BCUT2D eigenvalue weighted by Gasteiger charge is 2.19. The molecule has 0 saturated heterocycles. The van der Waals surface area contributed by atoms with Crippen LogP contribution < -0.4 is 5.56 Å². The summed E-state index contributed by atoms with van der Waals surface area (Å²) in [7, 11) is 1.71.